The Kier molecular flexibility index (Phi) is 6.53. The number of pyridine rings is 2. The topological polar surface area (TPSA) is 143 Å². The highest BCUT2D eigenvalue weighted by molar-refractivity contribution is 5.96. The number of aromatic nitrogens is 4. The Hall–Kier alpha value is -5.12. The molecule has 3 aromatic heterocycles. The number of anilines is 3. The average molecular weight is 510 g/mol. The number of benzene rings is 2. The van der Waals surface area contributed by atoms with Crippen LogP contribution in [-0.4, -0.2) is 33.7 Å². The average Bonchev–Trinajstić information content (AvgIpc) is 2.94. The number of para-hydroxylation sites is 1. The second-order valence-corrected chi connectivity index (χ2v) is 8.65. The van der Waals surface area contributed by atoms with Crippen LogP contribution < -0.4 is 31.8 Å². The molecule has 10 heteroatoms. The van der Waals surface area contributed by atoms with Gasteiger partial charge in [-0.05, 0) is 42.1 Å². The van der Waals surface area contributed by atoms with Gasteiger partial charge in [0, 0.05) is 23.1 Å². The normalized spacial score (nSPS) is 11.8. The molecule has 5 rings (SSSR count). The molecule has 0 unspecified atom stereocenters. The maximum Gasteiger partial charge on any atom is 0.263 e. The summed E-state index contributed by atoms with van der Waals surface area (Å²) in [6.07, 6.45) is 3.12. The number of nitrogens with one attached hydrogen (secondary N) is 1. The van der Waals surface area contributed by atoms with Gasteiger partial charge < -0.3 is 26.3 Å². The molecule has 0 amide bonds. The molecule has 0 bridgehead atoms. The smallest absolute Gasteiger partial charge is 0.263 e. The van der Waals surface area contributed by atoms with Crippen LogP contribution in [0.25, 0.3) is 27.6 Å². The number of hydrogen-bond donors (Lipinski definition) is 3. The molecule has 1 atom stereocenters. The summed E-state index contributed by atoms with van der Waals surface area (Å²) in [7, 11) is 3.08. The highest BCUT2D eigenvalue weighted by atomic mass is 16.5. The predicted molar refractivity (Wildman–Crippen MR) is 149 cm³/mol. The van der Waals surface area contributed by atoms with Crippen molar-refractivity contribution in [1.29, 1.82) is 0 Å². The SMILES string of the molecule is COc1cc(-c2cccc3cc([C@H](C)Nc4nc(N)ncc4N)n(-c4ccccc4)c(=O)c23)cnc1OC. The van der Waals surface area contributed by atoms with E-state index in [9.17, 15) is 4.79 Å². The third-order valence-corrected chi connectivity index (χ3v) is 6.26. The van der Waals surface area contributed by atoms with Gasteiger partial charge in [0.05, 0.1) is 37.5 Å². The minimum absolute atomic E-state index is 0.0982. The first-order valence-electron chi connectivity index (χ1n) is 11.9. The summed E-state index contributed by atoms with van der Waals surface area (Å²) in [5.74, 6) is 1.33. The van der Waals surface area contributed by atoms with Crippen molar-refractivity contribution in [3.63, 3.8) is 0 Å². The van der Waals surface area contributed by atoms with E-state index in [4.69, 9.17) is 20.9 Å². The maximum atomic E-state index is 14.3. The van der Waals surface area contributed by atoms with Gasteiger partial charge in [-0.1, -0.05) is 36.4 Å². The molecule has 192 valence electrons. The van der Waals surface area contributed by atoms with Crippen molar-refractivity contribution in [1.82, 2.24) is 19.5 Å². The molecule has 0 saturated heterocycles. The molecular formula is C28H27N7O3. The second kappa shape index (κ2) is 10.1. The van der Waals surface area contributed by atoms with Crippen LogP contribution in [0.5, 0.6) is 11.6 Å². The van der Waals surface area contributed by atoms with Crippen molar-refractivity contribution >= 4 is 28.2 Å². The van der Waals surface area contributed by atoms with E-state index in [1.165, 1.54) is 13.3 Å². The number of nitrogens with two attached hydrogens (primary N) is 2. The van der Waals surface area contributed by atoms with Crippen LogP contribution in [0.2, 0.25) is 0 Å². The molecule has 3 heterocycles. The fourth-order valence-corrected chi connectivity index (χ4v) is 4.46. The lowest BCUT2D eigenvalue weighted by atomic mass is 9.98. The van der Waals surface area contributed by atoms with E-state index in [0.717, 1.165) is 22.2 Å². The van der Waals surface area contributed by atoms with Gasteiger partial charge in [0.25, 0.3) is 11.4 Å². The van der Waals surface area contributed by atoms with Crippen molar-refractivity contribution in [2.24, 2.45) is 0 Å². The maximum absolute atomic E-state index is 14.3. The van der Waals surface area contributed by atoms with E-state index in [2.05, 4.69) is 20.3 Å². The van der Waals surface area contributed by atoms with Crippen molar-refractivity contribution in [2.45, 2.75) is 13.0 Å². The van der Waals surface area contributed by atoms with Crippen LogP contribution in [0.3, 0.4) is 0 Å². The van der Waals surface area contributed by atoms with Gasteiger partial charge in [0.15, 0.2) is 11.6 Å². The summed E-state index contributed by atoms with van der Waals surface area (Å²) in [6.45, 7) is 1.93. The number of ether oxygens (including phenoxy) is 2. The van der Waals surface area contributed by atoms with Crippen molar-refractivity contribution in [3.8, 4) is 28.4 Å². The number of methoxy groups -OCH3 is 2. The van der Waals surface area contributed by atoms with Crippen LogP contribution >= 0.6 is 0 Å². The van der Waals surface area contributed by atoms with E-state index in [1.54, 1.807) is 17.9 Å². The minimum atomic E-state index is -0.365. The van der Waals surface area contributed by atoms with Crippen LogP contribution in [0.4, 0.5) is 17.5 Å². The summed E-state index contributed by atoms with van der Waals surface area (Å²) in [4.78, 5) is 26.8. The van der Waals surface area contributed by atoms with Gasteiger partial charge in [-0.25, -0.2) is 9.97 Å². The third kappa shape index (κ3) is 4.43. The summed E-state index contributed by atoms with van der Waals surface area (Å²) in [6, 6.07) is 18.6. The highest BCUT2D eigenvalue weighted by Gasteiger charge is 2.20. The van der Waals surface area contributed by atoms with Crippen LogP contribution in [0.1, 0.15) is 18.7 Å². The van der Waals surface area contributed by atoms with Crippen molar-refractivity contribution < 1.29 is 9.47 Å². The summed E-state index contributed by atoms with van der Waals surface area (Å²) in [5, 5.41) is 4.61. The Balaban J connectivity index is 1.74. The Morgan fingerprint density at radius 2 is 1.74 bits per heavy atom. The zero-order chi connectivity index (χ0) is 26.8. The molecule has 38 heavy (non-hydrogen) atoms. The second-order valence-electron chi connectivity index (χ2n) is 8.65. The number of rotatable bonds is 7. The van der Waals surface area contributed by atoms with Crippen molar-refractivity contribution in [2.75, 3.05) is 31.0 Å². The monoisotopic (exact) mass is 509 g/mol. The Morgan fingerprint density at radius 3 is 2.47 bits per heavy atom. The van der Waals surface area contributed by atoms with E-state index >= 15 is 0 Å². The number of nitrogen functional groups attached to an aromatic ring is 2. The summed E-state index contributed by atoms with van der Waals surface area (Å²) >= 11 is 0. The lowest BCUT2D eigenvalue weighted by Crippen LogP contribution is -2.26. The fraction of sp³-hybridized carbons (Fsp3) is 0.143. The zero-order valence-electron chi connectivity index (χ0n) is 21.2. The standard InChI is InChI=1S/C28H27N7O3/c1-16(33-25-21(29)15-32-28(30)34-25)22-12-17-8-7-11-20(18-13-23(37-2)26(38-3)31-14-18)24(17)27(36)35(22)19-9-5-4-6-10-19/h4-16H,29H2,1-3H3,(H3,30,32,33,34)/t16-/m0/s1. The van der Waals surface area contributed by atoms with Gasteiger partial charge in [0.2, 0.25) is 5.95 Å². The number of fused-ring (bicyclic) bond motifs is 1. The molecule has 5 N–H and O–H groups in total. The molecule has 10 nitrogen and oxygen atoms in total. The van der Waals surface area contributed by atoms with E-state index in [1.807, 2.05) is 67.6 Å². The van der Waals surface area contributed by atoms with Crippen LogP contribution in [-0.2, 0) is 0 Å². The van der Waals surface area contributed by atoms with E-state index in [0.29, 0.717) is 34.2 Å². The predicted octanol–water partition coefficient (Wildman–Crippen LogP) is 4.20. The molecular weight excluding hydrogens is 482 g/mol. The molecule has 5 aromatic rings. The Labute approximate surface area is 218 Å². The van der Waals surface area contributed by atoms with Crippen molar-refractivity contribution in [3.05, 3.63) is 89.1 Å². The Bertz CT molecular complexity index is 1690. The largest absolute Gasteiger partial charge is 0.491 e. The third-order valence-electron chi connectivity index (χ3n) is 6.26. The molecule has 0 radical (unpaired) electrons. The first-order valence-corrected chi connectivity index (χ1v) is 11.9. The van der Waals surface area contributed by atoms with Gasteiger partial charge in [-0.3, -0.25) is 9.36 Å². The Morgan fingerprint density at radius 1 is 0.947 bits per heavy atom. The highest BCUT2D eigenvalue weighted by Crippen LogP contribution is 2.34. The lowest BCUT2D eigenvalue weighted by Gasteiger charge is -2.22. The molecule has 0 saturated carbocycles. The molecule has 0 aliphatic heterocycles. The first kappa shape index (κ1) is 24.6. The summed E-state index contributed by atoms with van der Waals surface area (Å²) in [5.41, 5.74) is 14.9. The fourth-order valence-electron chi connectivity index (χ4n) is 4.46. The minimum Gasteiger partial charge on any atom is -0.491 e. The molecule has 0 aliphatic rings. The lowest BCUT2D eigenvalue weighted by molar-refractivity contribution is 0.343. The molecule has 2 aromatic carbocycles. The van der Waals surface area contributed by atoms with Gasteiger partial charge in [-0.2, -0.15) is 4.98 Å². The quantitative estimate of drug-likeness (QED) is 0.294. The number of hydrogen-bond acceptors (Lipinski definition) is 9. The van der Waals surface area contributed by atoms with Gasteiger partial charge in [-0.15, -0.1) is 0 Å². The molecule has 0 fully saturated rings. The number of nitrogens with zero attached hydrogens (tertiary/aromatic N) is 4. The van der Waals surface area contributed by atoms with E-state index < -0.39 is 0 Å². The van der Waals surface area contributed by atoms with Crippen LogP contribution in [0, 0.1) is 0 Å². The van der Waals surface area contributed by atoms with Gasteiger partial charge >= 0.3 is 0 Å². The molecule has 0 spiro atoms. The summed E-state index contributed by atoms with van der Waals surface area (Å²) < 4.78 is 12.4. The first-order chi connectivity index (χ1) is 18.4. The zero-order valence-corrected chi connectivity index (χ0v) is 21.2. The van der Waals surface area contributed by atoms with E-state index in [-0.39, 0.29) is 17.5 Å². The van der Waals surface area contributed by atoms with Gasteiger partial charge in [0.1, 0.15) is 0 Å². The molecule has 0 aliphatic carbocycles. The van der Waals surface area contributed by atoms with Crippen LogP contribution in [0.15, 0.2) is 77.9 Å².